The molecule has 1 aromatic heterocycles. The van der Waals surface area contributed by atoms with Gasteiger partial charge in [-0.05, 0) is 41.8 Å². The Morgan fingerprint density at radius 3 is 2.27 bits per heavy atom. The Kier molecular flexibility index (Phi) is 5.99. The van der Waals surface area contributed by atoms with Gasteiger partial charge in [-0.3, -0.25) is 4.79 Å². The molecule has 1 amide bonds. The van der Waals surface area contributed by atoms with Gasteiger partial charge in [-0.1, -0.05) is 37.3 Å². The highest BCUT2D eigenvalue weighted by Gasteiger charge is 2.09. The predicted octanol–water partition coefficient (Wildman–Crippen LogP) is 3.75. The number of ether oxygens (including phenoxy) is 1. The number of pyridine rings is 1. The van der Waals surface area contributed by atoms with Crippen LogP contribution in [0.5, 0.6) is 5.75 Å². The second kappa shape index (κ2) is 8.81. The third kappa shape index (κ3) is 5.18. The number of nitrogens with zero attached hydrogens (tertiary/aromatic N) is 1. The number of benzene rings is 2. The van der Waals surface area contributed by atoms with Crippen LogP contribution in [0.4, 0.5) is 5.69 Å². The molecular weight excluding hydrogens is 324 g/mol. The summed E-state index contributed by atoms with van der Waals surface area (Å²) in [7, 11) is 0. The van der Waals surface area contributed by atoms with Gasteiger partial charge in [-0.15, -0.1) is 0 Å². The fourth-order valence-corrected chi connectivity index (χ4v) is 2.57. The van der Waals surface area contributed by atoms with E-state index >= 15 is 0 Å². The molecule has 0 unspecified atom stereocenters. The number of carbonyl (C=O) groups is 1. The van der Waals surface area contributed by atoms with Gasteiger partial charge >= 0.3 is 0 Å². The van der Waals surface area contributed by atoms with Crippen LogP contribution < -0.4 is 14.6 Å². The van der Waals surface area contributed by atoms with Crippen LogP contribution in [0.1, 0.15) is 18.1 Å². The van der Waals surface area contributed by atoms with Crippen LogP contribution in [0.3, 0.4) is 0 Å². The number of aromatic nitrogens is 1. The molecule has 0 saturated heterocycles. The van der Waals surface area contributed by atoms with Gasteiger partial charge in [0, 0.05) is 17.8 Å². The molecule has 1 N–H and O–H groups in total. The molecule has 1 heterocycles. The van der Waals surface area contributed by atoms with E-state index < -0.39 is 0 Å². The van der Waals surface area contributed by atoms with Crippen molar-refractivity contribution in [3.8, 4) is 5.75 Å². The van der Waals surface area contributed by atoms with Crippen molar-refractivity contribution in [2.45, 2.75) is 26.5 Å². The summed E-state index contributed by atoms with van der Waals surface area (Å²) in [4.78, 5) is 12.2. The van der Waals surface area contributed by atoms with Gasteiger partial charge < -0.3 is 10.1 Å². The van der Waals surface area contributed by atoms with Crippen LogP contribution in [0.2, 0.25) is 0 Å². The van der Waals surface area contributed by atoms with E-state index in [2.05, 4.69) is 12.2 Å². The number of nitrogens with one attached hydrogen (secondary N) is 1. The fraction of sp³-hybridized carbons (Fsp3) is 0.182. The van der Waals surface area contributed by atoms with Crippen molar-refractivity contribution in [3.63, 3.8) is 0 Å². The fourth-order valence-electron chi connectivity index (χ4n) is 2.57. The van der Waals surface area contributed by atoms with Gasteiger partial charge in [0.2, 0.25) is 6.54 Å². The zero-order valence-corrected chi connectivity index (χ0v) is 14.9. The molecule has 4 nitrogen and oxygen atoms in total. The van der Waals surface area contributed by atoms with E-state index in [9.17, 15) is 4.79 Å². The normalized spacial score (nSPS) is 10.3. The minimum Gasteiger partial charge on any atom is -0.489 e. The number of carbonyl (C=O) groups excluding carboxylic acids is 1. The van der Waals surface area contributed by atoms with Crippen molar-refractivity contribution in [2.75, 3.05) is 5.32 Å². The summed E-state index contributed by atoms with van der Waals surface area (Å²) in [5.41, 5.74) is 3.14. The number of amides is 1. The first kappa shape index (κ1) is 17.7. The first-order chi connectivity index (χ1) is 12.7. The van der Waals surface area contributed by atoms with E-state index in [0.717, 1.165) is 23.4 Å². The lowest BCUT2D eigenvalue weighted by molar-refractivity contribution is -0.684. The summed E-state index contributed by atoms with van der Waals surface area (Å²) >= 11 is 0. The Morgan fingerprint density at radius 2 is 1.62 bits per heavy atom. The van der Waals surface area contributed by atoms with Crippen LogP contribution in [0, 0.1) is 0 Å². The van der Waals surface area contributed by atoms with Crippen LogP contribution >= 0.6 is 0 Å². The molecule has 0 radical (unpaired) electrons. The first-order valence-electron chi connectivity index (χ1n) is 8.77. The largest absolute Gasteiger partial charge is 0.489 e. The minimum atomic E-state index is -0.0581. The molecule has 0 aliphatic heterocycles. The standard InChI is InChI=1S/C22H22N2O2/c1-2-18-12-14-24(15-13-18)16-22(25)23-20-8-10-21(11-9-20)26-17-19-6-4-3-5-7-19/h3-15H,2,16-17H2,1H3/p+1. The highest BCUT2D eigenvalue weighted by molar-refractivity contribution is 5.89. The van der Waals surface area contributed by atoms with Gasteiger partial charge in [0.05, 0.1) is 0 Å². The monoisotopic (exact) mass is 347 g/mol. The van der Waals surface area contributed by atoms with E-state index in [4.69, 9.17) is 4.74 Å². The van der Waals surface area contributed by atoms with Gasteiger partial charge in [0.25, 0.3) is 5.91 Å². The number of hydrogen-bond donors (Lipinski definition) is 1. The lowest BCUT2D eigenvalue weighted by atomic mass is 10.2. The van der Waals surface area contributed by atoms with Crippen molar-refractivity contribution >= 4 is 11.6 Å². The first-order valence-corrected chi connectivity index (χ1v) is 8.77. The number of hydrogen-bond acceptors (Lipinski definition) is 2. The topological polar surface area (TPSA) is 42.2 Å². The van der Waals surface area contributed by atoms with E-state index in [1.807, 2.05) is 83.7 Å². The molecule has 3 rings (SSSR count). The number of rotatable bonds is 7. The molecule has 0 aliphatic rings. The Hall–Kier alpha value is -3.14. The summed E-state index contributed by atoms with van der Waals surface area (Å²) in [5, 5.41) is 2.90. The van der Waals surface area contributed by atoms with Crippen molar-refractivity contribution in [1.29, 1.82) is 0 Å². The molecule has 26 heavy (non-hydrogen) atoms. The quantitative estimate of drug-likeness (QED) is 0.661. The van der Waals surface area contributed by atoms with E-state index in [1.165, 1.54) is 5.56 Å². The maximum Gasteiger partial charge on any atom is 0.290 e. The van der Waals surface area contributed by atoms with E-state index in [0.29, 0.717) is 6.61 Å². The van der Waals surface area contributed by atoms with Gasteiger partial charge in [0.1, 0.15) is 12.4 Å². The summed E-state index contributed by atoms with van der Waals surface area (Å²) < 4.78 is 7.62. The Balaban J connectivity index is 1.50. The highest BCUT2D eigenvalue weighted by Crippen LogP contribution is 2.17. The zero-order valence-electron chi connectivity index (χ0n) is 14.9. The Labute approximate surface area is 154 Å². The molecule has 4 heteroatoms. The number of aryl methyl sites for hydroxylation is 1. The SMILES string of the molecule is CCc1cc[n+](CC(=O)Nc2ccc(OCc3ccccc3)cc2)cc1. The average molecular weight is 347 g/mol. The molecule has 0 spiro atoms. The summed E-state index contributed by atoms with van der Waals surface area (Å²) in [6.45, 7) is 2.92. The smallest absolute Gasteiger partial charge is 0.290 e. The second-order valence-corrected chi connectivity index (χ2v) is 6.08. The summed E-state index contributed by atoms with van der Waals surface area (Å²) in [5.74, 6) is 0.716. The second-order valence-electron chi connectivity index (χ2n) is 6.08. The van der Waals surface area contributed by atoms with Crippen molar-refractivity contribution in [2.24, 2.45) is 0 Å². The summed E-state index contributed by atoms with van der Waals surface area (Å²) in [6.07, 6.45) is 4.85. The van der Waals surface area contributed by atoms with Gasteiger partial charge in [-0.2, -0.15) is 4.57 Å². The lowest BCUT2D eigenvalue weighted by Crippen LogP contribution is -2.39. The maximum atomic E-state index is 12.2. The molecule has 0 atom stereocenters. The lowest BCUT2D eigenvalue weighted by Gasteiger charge is -2.08. The van der Waals surface area contributed by atoms with Crippen LogP contribution in [-0.2, 0) is 24.4 Å². The maximum absolute atomic E-state index is 12.2. The number of anilines is 1. The molecule has 3 aromatic rings. The minimum absolute atomic E-state index is 0.0581. The summed E-state index contributed by atoms with van der Waals surface area (Å²) in [6, 6.07) is 21.5. The van der Waals surface area contributed by atoms with Crippen LogP contribution in [0.25, 0.3) is 0 Å². The molecule has 0 bridgehead atoms. The third-order valence-electron chi connectivity index (χ3n) is 4.08. The predicted molar refractivity (Wildman–Crippen MR) is 102 cm³/mol. The third-order valence-corrected chi connectivity index (χ3v) is 4.08. The Morgan fingerprint density at radius 1 is 0.923 bits per heavy atom. The average Bonchev–Trinajstić information content (AvgIpc) is 2.69. The van der Waals surface area contributed by atoms with Gasteiger partial charge in [-0.25, -0.2) is 0 Å². The molecule has 2 aromatic carbocycles. The zero-order chi connectivity index (χ0) is 18.2. The highest BCUT2D eigenvalue weighted by atomic mass is 16.5. The Bertz CT molecular complexity index is 828. The van der Waals surface area contributed by atoms with Gasteiger partial charge in [0.15, 0.2) is 12.4 Å². The molecule has 0 fully saturated rings. The van der Waals surface area contributed by atoms with Crippen LogP contribution in [-0.4, -0.2) is 5.91 Å². The molecule has 0 aliphatic carbocycles. The van der Waals surface area contributed by atoms with Crippen molar-refractivity contribution < 1.29 is 14.1 Å². The molecular formula is C22H23N2O2+. The molecule has 132 valence electrons. The van der Waals surface area contributed by atoms with E-state index in [-0.39, 0.29) is 12.5 Å². The van der Waals surface area contributed by atoms with Crippen molar-refractivity contribution in [3.05, 3.63) is 90.3 Å². The van der Waals surface area contributed by atoms with Crippen molar-refractivity contribution in [1.82, 2.24) is 0 Å². The van der Waals surface area contributed by atoms with Crippen LogP contribution in [0.15, 0.2) is 79.1 Å². The van der Waals surface area contributed by atoms with E-state index in [1.54, 1.807) is 0 Å². The molecule has 0 saturated carbocycles.